The van der Waals surface area contributed by atoms with Crippen LogP contribution in [0.2, 0.25) is 5.02 Å². The minimum absolute atomic E-state index is 0.0344. The number of rotatable bonds is 4. The first kappa shape index (κ1) is 11.3. The number of hydrogen-bond donors (Lipinski definition) is 3. The van der Waals surface area contributed by atoms with Gasteiger partial charge in [-0.2, -0.15) is 0 Å². The van der Waals surface area contributed by atoms with Crippen LogP contribution in [0.4, 0.5) is 5.82 Å². The number of aromatic nitrogens is 1. The Morgan fingerprint density at radius 2 is 2.20 bits per heavy atom. The number of hydrogen-bond acceptors (Lipinski definition) is 4. The van der Waals surface area contributed by atoms with Crippen molar-refractivity contribution in [3.05, 3.63) is 22.8 Å². The molecule has 0 saturated carbocycles. The average molecular weight is 230 g/mol. The molecule has 1 amide bonds. The summed E-state index contributed by atoms with van der Waals surface area (Å²) in [6.07, 6.45) is 0. The molecule has 1 heterocycles. The summed E-state index contributed by atoms with van der Waals surface area (Å²) in [5.41, 5.74) is 4.62. The number of nitrogens with one attached hydrogen (secondary N) is 1. The van der Waals surface area contributed by atoms with E-state index in [1.165, 1.54) is 12.1 Å². The van der Waals surface area contributed by atoms with Crippen LogP contribution in [0, 0.1) is 0 Å². The number of carboxylic acids is 1. The zero-order valence-corrected chi connectivity index (χ0v) is 8.28. The van der Waals surface area contributed by atoms with Gasteiger partial charge < -0.3 is 16.2 Å². The van der Waals surface area contributed by atoms with E-state index in [1.807, 2.05) is 0 Å². The van der Waals surface area contributed by atoms with Gasteiger partial charge in [0.2, 0.25) is 5.91 Å². The molecule has 80 valence electrons. The van der Waals surface area contributed by atoms with Crippen molar-refractivity contribution < 1.29 is 14.7 Å². The lowest BCUT2D eigenvalue weighted by molar-refractivity contribution is -0.116. The lowest BCUT2D eigenvalue weighted by Gasteiger charge is -2.04. The van der Waals surface area contributed by atoms with Crippen LogP contribution in [-0.4, -0.2) is 28.5 Å². The first-order valence-electron chi connectivity index (χ1n) is 3.92. The molecule has 0 unspecified atom stereocenters. The third kappa shape index (κ3) is 3.10. The molecular formula is C8H8ClN3O3. The van der Waals surface area contributed by atoms with Crippen LogP contribution in [0.3, 0.4) is 0 Å². The van der Waals surface area contributed by atoms with E-state index >= 15 is 0 Å². The van der Waals surface area contributed by atoms with Gasteiger partial charge in [-0.3, -0.25) is 4.79 Å². The summed E-state index contributed by atoms with van der Waals surface area (Å²) < 4.78 is 0. The van der Waals surface area contributed by atoms with E-state index in [9.17, 15) is 9.59 Å². The molecule has 0 spiro atoms. The number of amides is 1. The summed E-state index contributed by atoms with van der Waals surface area (Å²) in [5, 5.41) is 11.3. The number of halogens is 1. The molecule has 1 rings (SSSR count). The first-order valence-corrected chi connectivity index (χ1v) is 4.30. The maximum atomic E-state index is 10.6. The lowest BCUT2D eigenvalue weighted by atomic mass is 10.3. The van der Waals surface area contributed by atoms with Crippen molar-refractivity contribution in [3.8, 4) is 0 Å². The Morgan fingerprint density at radius 3 is 2.73 bits per heavy atom. The average Bonchev–Trinajstić information content (AvgIpc) is 2.16. The fourth-order valence-electron chi connectivity index (χ4n) is 0.868. The molecule has 0 aliphatic heterocycles. The molecule has 4 N–H and O–H groups in total. The summed E-state index contributed by atoms with van der Waals surface area (Å²) in [6, 6.07) is 2.83. The third-order valence-electron chi connectivity index (χ3n) is 1.49. The van der Waals surface area contributed by atoms with E-state index in [-0.39, 0.29) is 23.1 Å². The molecule has 0 fully saturated rings. The highest BCUT2D eigenvalue weighted by atomic mass is 35.5. The minimum Gasteiger partial charge on any atom is -0.476 e. The predicted molar refractivity (Wildman–Crippen MR) is 53.9 cm³/mol. The molecule has 1 aromatic rings. The van der Waals surface area contributed by atoms with Crippen molar-refractivity contribution >= 4 is 29.3 Å². The Bertz CT molecular complexity index is 408. The summed E-state index contributed by atoms with van der Waals surface area (Å²) in [7, 11) is 0. The number of primary amides is 1. The van der Waals surface area contributed by atoms with Crippen molar-refractivity contribution in [3.63, 3.8) is 0 Å². The molecule has 0 aliphatic carbocycles. The maximum absolute atomic E-state index is 10.6. The van der Waals surface area contributed by atoms with Gasteiger partial charge in [-0.05, 0) is 12.1 Å². The number of carbonyl (C=O) groups is 2. The predicted octanol–water partition coefficient (Wildman–Crippen LogP) is 0.330. The number of pyridine rings is 1. The Kier molecular flexibility index (Phi) is 3.46. The van der Waals surface area contributed by atoms with Crippen LogP contribution in [0.1, 0.15) is 10.5 Å². The van der Waals surface area contributed by atoms with Gasteiger partial charge in [0.05, 0.1) is 11.6 Å². The largest absolute Gasteiger partial charge is 0.476 e. The van der Waals surface area contributed by atoms with Gasteiger partial charge in [-0.25, -0.2) is 9.78 Å². The van der Waals surface area contributed by atoms with Gasteiger partial charge in [0.15, 0.2) is 5.69 Å². The highest BCUT2D eigenvalue weighted by Crippen LogP contribution is 2.16. The number of anilines is 1. The van der Waals surface area contributed by atoms with Gasteiger partial charge in [0, 0.05) is 0 Å². The van der Waals surface area contributed by atoms with E-state index in [0.717, 1.165) is 0 Å². The van der Waals surface area contributed by atoms with Crippen molar-refractivity contribution in [2.75, 3.05) is 11.9 Å². The summed E-state index contributed by atoms with van der Waals surface area (Å²) in [5.74, 6) is -1.57. The SMILES string of the molecule is NC(=O)CNc1ccc(Cl)c(C(=O)O)n1. The molecule has 0 aromatic carbocycles. The van der Waals surface area contributed by atoms with E-state index < -0.39 is 11.9 Å². The monoisotopic (exact) mass is 229 g/mol. The fraction of sp³-hybridized carbons (Fsp3) is 0.125. The zero-order chi connectivity index (χ0) is 11.4. The van der Waals surface area contributed by atoms with Gasteiger partial charge in [-0.15, -0.1) is 0 Å². The summed E-state index contributed by atoms with van der Waals surface area (Å²) in [6.45, 7) is -0.117. The normalized spacial score (nSPS) is 9.67. The highest BCUT2D eigenvalue weighted by Gasteiger charge is 2.11. The van der Waals surface area contributed by atoms with E-state index in [2.05, 4.69) is 10.3 Å². The Balaban J connectivity index is 2.87. The van der Waals surface area contributed by atoms with Gasteiger partial charge in [0.25, 0.3) is 0 Å². The van der Waals surface area contributed by atoms with Crippen LogP contribution < -0.4 is 11.1 Å². The smallest absolute Gasteiger partial charge is 0.356 e. The van der Waals surface area contributed by atoms with Crippen molar-refractivity contribution in [1.29, 1.82) is 0 Å². The Labute approximate surface area is 90.1 Å². The fourth-order valence-corrected chi connectivity index (χ4v) is 1.05. The molecule has 6 nitrogen and oxygen atoms in total. The van der Waals surface area contributed by atoms with Crippen molar-refractivity contribution in [2.24, 2.45) is 5.73 Å². The molecular weight excluding hydrogens is 222 g/mol. The first-order chi connectivity index (χ1) is 7.00. The van der Waals surface area contributed by atoms with Crippen LogP contribution in [-0.2, 0) is 4.79 Å². The number of carbonyl (C=O) groups excluding carboxylic acids is 1. The second kappa shape index (κ2) is 4.61. The zero-order valence-electron chi connectivity index (χ0n) is 7.53. The Morgan fingerprint density at radius 1 is 1.53 bits per heavy atom. The van der Waals surface area contributed by atoms with Crippen LogP contribution in [0.25, 0.3) is 0 Å². The van der Waals surface area contributed by atoms with Gasteiger partial charge >= 0.3 is 5.97 Å². The Hall–Kier alpha value is -1.82. The van der Waals surface area contributed by atoms with Crippen LogP contribution in [0.15, 0.2) is 12.1 Å². The van der Waals surface area contributed by atoms with Crippen molar-refractivity contribution in [2.45, 2.75) is 0 Å². The molecule has 15 heavy (non-hydrogen) atoms. The second-order valence-corrected chi connectivity index (χ2v) is 3.06. The topological polar surface area (TPSA) is 105 Å². The van der Waals surface area contributed by atoms with Crippen LogP contribution >= 0.6 is 11.6 Å². The number of carboxylic acid groups (broad SMARTS) is 1. The van der Waals surface area contributed by atoms with E-state index in [4.69, 9.17) is 22.4 Å². The quantitative estimate of drug-likeness (QED) is 0.690. The second-order valence-electron chi connectivity index (χ2n) is 2.65. The number of nitrogens with two attached hydrogens (primary N) is 1. The minimum atomic E-state index is -1.23. The summed E-state index contributed by atoms with van der Waals surface area (Å²) in [4.78, 5) is 24.8. The highest BCUT2D eigenvalue weighted by molar-refractivity contribution is 6.33. The summed E-state index contributed by atoms with van der Waals surface area (Å²) >= 11 is 5.59. The van der Waals surface area contributed by atoms with Gasteiger partial charge in [0.1, 0.15) is 5.82 Å². The van der Waals surface area contributed by atoms with E-state index in [1.54, 1.807) is 0 Å². The number of aromatic carboxylic acids is 1. The third-order valence-corrected chi connectivity index (χ3v) is 1.80. The molecule has 0 saturated heterocycles. The molecule has 0 bridgehead atoms. The maximum Gasteiger partial charge on any atom is 0.356 e. The molecule has 0 aliphatic rings. The van der Waals surface area contributed by atoms with E-state index in [0.29, 0.717) is 0 Å². The molecule has 7 heteroatoms. The van der Waals surface area contributed by atoms with Crippen LogP contribution in [0.5, 0.6) is 0 Å². The standard InChI is InChI=1S/C8H8ClN3O3/c9-4-1-2-6(11-3-5(10)13)12-7(4)8(14)15/h1-2H,3H2,(H2,10,13)(H,11,12)(H,14,15). The molecule has 0 radical (unpaired) electrons. The molecule has 0 atom stereocenters. The molecule has 1 aromatic heterocycles. The van der Waals surface area contributed by atoms with Crippen molar-refractivity contribution in [1.82, 2.24) is 4.98 Å². The lowest BCUT2D eigenvalue weighted by Crippen LogP contribution is -2.22. The van der Waals surface area contributed by atoms with Gasteiger partial charge in [-0.1, -0.05) is 11.6 Å². The number of nitrogens with zero attached hydrogens (tertiary/aromatic N) is 1.